The summed E-state index contributed by atoms with van der Waals surface area (Å²) >= 11 is 0. The van der Waals surface area contributed by atoms with Crippen molar-refractivity contribution in [1.82, 2.24) is 15.3 Å². The van der Waals surface area contributed by atoms with E-state index in [1.165, 1.54) is 0 Å². The highest BCUT2D eigenvalue weighted by Gasteiger charge is 2.22. The first-order valence-electron chi connectivity index (χ1n) is 16.7. The molecule has 9 heteroatoms. The van der Waals surface area contributed by atoms with Crippen LogP contribution in [0, 0.1) is 0 Å². The lowest BCUT2D eigenvalue weighted by Crippen LogP contribution is -2.36. The highest BCUT2D eigenvalue weighted by molar-refractivity contribution is 5.91. The number of rotatable bonds is 8. The molecule has 0 aliphatic carbocycles. The molecule has 1 aliphatic rings. The average molecular weight is 408 g/mol. The van der Waals surface area contributed by atoms with E-state index in [0.29, 0.717) is 0 Å². The molecule has 9 nitrogen and oxygen atoms in total. The highest BCUT2D eigenvalue weighted by atomic mass is 16.5. The fourth-order valence-electron chi connectivity index (χ4n) is 2.23. The van der Waals surface area contributed by atoms with Gasteiger partial charge >= 0.3 is 0 Å². The minimum absolute atomic E-state index is 0.0395. The maximum atomic E-state index is 12.6. The number of benzene rings is 1. The normalized spacial score (nSPS) is 31.1. The number of fused-ring (bicyclic) bond motifs is 1. The van der Waals surface area contributed by atoms with Gasteiger partial charge < -0.3 is 30.2 Å². The Morgan fingerprint density at radius 3 is 3.04 bits per heavy atom. The highest BCUT2D eigenvalue weighted by Crippen LogP contribution is 2.33. The molecule has 2 heterocycles. The molecule has 1 amide bonds. The Kier molecular flexibility index (Phi) is 2.30. The number of amides is 1. The Labute approximate surface area is 189 Å². The maximum absolute atomic E-state index is 12.6. The number of methoxy groups -OCH3 is 2. The van der Waals surface area contributed by atoms with Gasteiger partial charge in [0.25, 0.3) is 0 Å². The largest absolute Gasteiger partial charge is 0.493 e. The first kappa shape index (κ1) is 7.22. The van der Waals surface area contributed by atoms with Gasteiger partial charge in [-0.2, -0.15) is 4.98 Å². The summed E-state index contributed by atoms with van der Waals surface area (Å²) in [5.74, 6) is -5.98. The molecule has 0 radical (unpaired) electrons. The average Bonchev–Trinajstić information content (AvgIpc) is 3.29. The molecule has 152 valence electrons. The maximum Gasteiger partial charge on any atom is 0.249 e. The van der Waals surface area contributed by atoms with Crippen LogP contribution < -0.4 is 25.4 Å². The number of nitrogens with zero attached hydrogens (tertiary/aromatic N) is 3. The third kappa shape index (κ3) is 4.36. The lowest BCUT2D eigenvalue weighted by Gasteiger charge is -2.19. The summed E-state index contributed by atoms with van der Waals surface area (Å²) in [6.07, 6.45) is -6.30. The van der Waals surface area contributed by atoms with E-state index in [1.54, 1.807) is 5.32 Å². The van der Waals surface area contributed by atoms with Crippen LogP contribution in [0.3, 0.4) is 0 Å². The number of nitrogens with two attached hydrogens (primary N) is 1. The van der Waals surface area contributed by atoms with Crippen molar-refractivity contribution < 1.29 is 43.7 Å². The van der Waals surface area contributed by atoms with Gasteiger partial charge in [-0.05, 0) is 25.3 Å². The number of ether oxygens (including phenoxy) is 3. The quantitative estimate of drug-likeness (QED) is 0.674. The third-order valence-corrected chi connectivity index (χ3v) is 3.49. The molecule has 1 saturated heterocycles. The van der Waals surface area contributed by atoms with Crippen LogP contribution in [0.4, 0.5) is 11.8 Å². The minimum Gasteiger partial charge on any atom is -0.493 e. The second-order valence-corrected chi connectivity index (χ2v) is 5.27. The van der Waals surface area contributed by atoms with Gasteiger partial charge in [-0.25, -0.2) is 4.98 Å². The molecule has 1 atom stereocenters. The number of hydrogen-bond acceptors (Lipinski definition) is 8. The van der Waals surface area contributed by atoms with Gasteiger partial charge in [0.2, 0.25) is 11.9 Å². The molecule has 28 heavy (non-hydrogen) atoms. The fourth-order valence-corrected chi connectivity index (χ4v) is 2.23. The smallest absolute Gasteiger partial charge is 0.249 e. The van der Waals surface area contributed by atoms with Crippen molar-refractivity contribution in [2.24, 2.45) is 0 Å². The third-order valence-electron chi connectivity index (χ3n) is 3.49. The second-order valence-electron chi connectivity index (χ2n) is 5.27. The predicted molar refractivity (Wildman–Crippen MR) is 107 cm³/mol. The van der Waals surface area contributed by atoms with Crippen LogP contribution in [0.25, 0.3) is 10.9 Å². The fraction of sp³-hybridized carbons (Fsp3) is 0.526. The lowest BCUT2D eigenvalue weighted by atomic mass is 10.2. The van der Waals surface area contributed by atoms with E-state index < -0.39 is 104 Å². The molecule has 1 unspecified atom stereocenters. The summed E-state index contributed by atoms with van der Waals surface area (Å²) in [7, 11) is -6.67. The molecule has 3 rings (SSSR count). The number of hydrogen-bond donors (Lipinski definition) is 2. The second kappa shape index (κ2) is 8.92. The molecule has 1 fully saturated rings. The van der Waals surface area contributed by atoms with Crippen LogP contribution in [-0.4, -0.2) is 62.6 Å². The SMILES string of the molecule is [2H]c1c(OC([2H])([2H])[2H])c(OC([2H])([2H])[2H])c([2H])c2c(N)nc(N(C([2H])([2H])[2H])C([2H])([2H])C([2H])([2H])C([2H])([2H])NC(=O)C3([2H])CCCO3)nc12. The van der Waals surface area contributed by atoms with Gasteiger partial charge in [-0.15, -0.1) is 0 Å². The Bertz CT molecular complexity index is 1500. The van der Waals surface area contributed by atoms with E-state index in [4.69, 9.17) is 44.6 Å². The van der Waals surface area contributed by atoms with Crippen molar-refractivity contribution in [2.75, 3.05) is 51.3 Å². The zero-order valence-corrected chi connectivity index (χ0v) is 14.2. The van der Waals surface area contributed by atoms with Crippen molar-refractivity contribution in [3.05, 3.63) is 12.1 Å². The van der Waals surface area contributed by atoms with Gasteiger partial charge in [0.05, 0.1) is 31.9 Å². The van der Waals surface area contributed by atoms with Gasteiger partial charge in [0.15, 0.2) is 11.5 Å². The van der Waals surface area contributed by atoms with Crippen LogP contribution in [0.2, 0.25) is 0 Å². The van der Waals surface area contributed by atoms with Crippen LogP contribution in [-0.2, 0) is 9.53 Å². The molecular formula is C19H27N5O4. The van der Waals surface area contributed by atoms with Gasteiger partial charge in [-0.3, -0.25) is 4.79 Å². The summed E-state index contributed by atoms with van der Waals surface area (Å²) in [6.45, 7) is -11.6. The zero-order valence-electron chi connectivity index (χ0n) is 32.2. The van der Waals surface area contributed by atoms with E-state index in [0.717, 1.165) is 0 Å². The summed E-state index contributed by atoms with van der Waals surface area (Å²) in [4.78, 5) is 19.6. The summed E-state index contributed by atoms with van der Waals surface area (Å²) in [5.41, 5.74) is 5.02. The molecule has 1 aromatic carbocycles. The Morgan fingerprint density at radius 2 is 2.32 bits per heavy atom. The molecule has 1 aromatic heterocycles. The van der Waals surface area contributed by atoms with E-state index in [2.05, 4.69) is 9.97 Å². The number of carbonyl (C=O) groups is 1. The summed E-state index contributed by atoms with van der Waals surface area (Å²) < 4.78 is 157. The van der Waals surface area contributed by atoms with E-state index in [-0.39, 0.29) is 19.4 Å². The number of anilines is 2. The first-order chi connectivity index (χ1) is 20.5. The van der Waals surface area contributed by atoms with Crippen molar-refractivity contribution in [2.45, 2.75) is 25.3 Å². The molecule has 2 aromatic rings. The summed E-state index contributed by atoms with van der Waals surface area (Å²) in [5, 5.41) is 0.866. The molecule has 3 N–H and O–H groups in total. The first-order valence-corrected chi connectivity index (χ1v) is 7.72. The Morgan fingerprint density at radius 1 is 1.50 bits per heavy atom. The Hall–Kier alpha value is -2.81. The molecule has 0 saturated carbocycles. The predicted octanol–water partition coefficient (Wildman–Crippen LogP) is 1.35. The topological polar surface area (TPSA) is 112 Å². The van der Waals surface area contributed by atoms with Crippen molar-refractivity contribution >= 4 is 28.6 Å². The molecule has 0 bridgehead atoms. The number of nitrogens with one attached hydrogen (secondary N) is 1. The van der Waals surface area contributed by atoms with Gasteiger partial charge in [-0.1, -0.05) is 0 Å². The number of carbonyl (C=O) groups excluding carboxylic acids is 1. The van der Waals surface area contributed by atoms with Crippen molar-refractivity contribution in [1.29, 1.82) is 0 Å². The van der Waals surface area contributed by atoms with Gasteiger partial charge in [0.1, 0.15) is 11.9 Å². The van der Waals surface area contributed by atoms with Crippen LogP contribution in [0.5, 0.6) is 11.5 Å². The number of nitrogen functional groups attached to an aromatic ring is 1. The monoisotopic (exact) mass is 407 g/mol. The summed E-state index contributed by atoms with van der Waals surface area (Å²) in [6, 6.07) is -2.16. The minimum atomic E-state index is -4.03. The van der Waals surface area contributed by atoms with E-state index >= 15 is 0 Å². The van der Waals surface area contributed by atoms with Gasteiger partial charge in [0, 0.05) is 50.3 Å². The van der Waals surface area contributed by atoms with E-state index in [1.807, 2.05) is 0 Å². The van der Waals surface area contributed by atoms with Crippen LogP contribution >= 0.6 is 0 Å². The van der Waals surface area contributed by atoms with Crippen LogP contribution in [0.1, 0.15) is 43.9 Å². The van der Waals surface area contributed by atoms with Crippen molar-refractivity contribution in [3.8, 4) is 11.5 Å². The van der Waals surface area contributed by atoms with Crippen LogP contribution in [0.15, 0.2) is 12.1 Å². The van der Waals surface area contributed by atoms with Crippen molar-refractivity contribution in [3.63, 3.8) is 0 Å². The number of aromatic nitrogens is 2. The zero-order chi connectivity index (χ0) is 35.6. The molecule has 0 spiro atoms. The lowest BCUT2D eigenvalue weighted by molar-refractivity contribution is -0.130. The molecular weight excluding hydrogens is 362 g/mol. The Balaban J connectivity index is 2.27. The standard InChI is InChI=1S/C19H27N5O4/c1-24(8-5-7-21-18(25)14-6-4-9-28-14)19-22-13-11-16(27-3)15(26-2)10-12(13)17(20)23-19/h10-11,14H,4-9H2,1-3H3,(H,21,25)(H2,20,22,23)/i1D3,2D3,3D3,5D2,7D2,8D2,10D,11D,14D. The molecule has 1 aliphatic heterocycles. The van der Waals surface area contributed by atoms with E-state index in [9.17, 15) is 4.79 Å².